The number of pyridine rings is 1. The minimum atomic E-state index is -0.657. The van der Waals surface area contributed by atoms with Crippen LogP contribution in [-0.4, -0.2) is 25.1 Å². The summed E-state index contributed by atoms with van der Waals surface area (Å²) in [6, 6.07) is 3.08. The third-order valence-corrected chi connectivity index (χ3v) is 3.99. The molecule has 0 aromatic carbocycles. The second-order valence-corrected chi connectivity index (χ2v) is 5.61. The predicted octanol–water partition coefficient (Wildman–Crippen LogP) is 2.57. The van der Waals surface area contributed by atoms with Crippen LogP contribution in [-0.2, 0) is 6.54 Å². The van der Waals surface area contributed by atoms with Crippen LogP contribution in [0.15, 0.2) is 29.3 Å². The maximum absolute atomic E-state index is 12.1. The van der Waals surface area contributed by atoms with Gasteiger partial charge in [0.25, 0.3) is 11.2 Å². The van der Waals surface area contributed by atoms with Crippen molar-refractivity contribution >= 4 is 11.5 Å². The Balaban J connectivity index is 2.37. The molecule has 0 aliphatic carbocycles. The number of Topliss-reactive ketones (excluding diaryl/α,β-unsaturated/α-hetero) is 1. The zero-order valence-electron chi connectivity index (χ0n) is 13.9. The van der Waals surface area contributed by atoms with Crippen LogP contribution in [0.5, 0.6) is 0 Å². The number of nitrogens with zero attached hydrogens (tertiary/aromatic N) is 4. The molecular formula is C16H20N4O4. The van der Waals surface area contributed by atoms with E-state index in [2.05, 4.69) is 18.9 Å². The van der Waals surface area contributed by atoms with Gasteiger partial charge in [-0.25, -0.2) is 0 Å². The Hall–Kier alpha value is -2.77. The predicted molar refractivity (Wildman–Crippen MR) is 88.3 cm³/mol. The summed E-state index contributed by atoms with van der Waals surface area (Å²) in [6.45, 7) is 5.46. The Morgan fingerprint density at radius 2 is 2.04 bits per heavy atom. The monoisotopic (exact) mass is 332 g/mol. The molecule has 2 rings (SSSR count). The van der Waals surface area contributed by atoms with Crippen LogP contribution in [0.2, 0.25) is 0 Å². The molecule has 0 spiro atoms. The summed E-state index contributed by atoms with van der Waals surface area (Å²) in [4.78, 5) is 34.1. The first kappa shape index (κ1) is 17.6. The van der Waals surface area contributed by atoms with Crippen LogP contribution < -0.4 is 5.56 Å². The SMILES string of the molecule is CCC(CC)n1ccc(Cn2cc([N+](=O)[O-])c(C(C)=O)cc2=O)n1. The van der Waals surface area contributed by atoms with E-state index in [0.717, 1.165) is 25.1 Å². The van der Waals surface area contributed by atoms with Crippen LogP contribution in [0.4, 0.5) is 5.69 Å². The lowest BCUT2D eigenvalue weighted by molar-refractivity contribution is -0.385. The summed E-state index contributed by atoms with van der Waals surface area (Å²) in [7, 11) is 0. The summed E-state index contributed by atoms with van der Waals surface area (Å²) in [6.07, 6.45) is 4.83. The molecular weight excluding hydrogens is 312 g/mol. The topological polar surface area (TPSA) is 100 Å². The van der Waals surface area contributed by atoms with Crippen molar-refractivity contribution in [3.05, 3.63) is 56.3 Å². The molecule has 2 heterocycles. The Morgan fingerprint density at radius 1 is 1.38 bits per heavy atom. The molecule has 0 N–H and O–H groups in total. The van der Waals surface area contributed by atoms with Gasteiger partial charge in [-0.3, -0.25) is 24.4 Å². The molecule has 8 heteroatoms. The smallest absolute Gasteiger partial charge is 0.296 e. The molecule has 24 heavy (non-hydrogen) atoms. The molecule has 0 unspecified atom stereocenters. The zero-order chi connectivity index (χ0) is 17.9. The van der Waals surface area contributed by atoms with Crippen molar-refractivity contribution in [2.45, 2.75) is 46.2 Å². The standard InChI is InChI=1S/C16H20N4O4/c1-4-13(5-2)19-7-6-12(17-19)9-18-10-15(20(23)24)14(11(3)21)8-16(18)22/h6-8,10,13H,4-5,9H2,1-3H3. The molecule has 0 saturated carbocycles. The first-order chi connectivity index (χ1) is 11.4. The van der Waals surface area contributed by atoms with Crippen molar-refractivity contribution in [3.8, 4) is 0 Å². The number of nitro groups is 1. The Morgan fingerprint density at radius 3 is 2.58 bits per heavy atom. The molecule has 0 amide bonds. The quantitative estimate of drug-likeness (QED) is 0.441. The van der Waals surface area contributed by atoms with E-state index >= 15 is 0 Å². The van der Waals surface area contributed by atoms with E-state index in [-0.39, 0.29) is 23.8 Å². The van der Waals surface area contributed by atoms with E-state index in [1.165, 1.54) is 11.5 Å². The maximum atomic E-state index is 12.1. The highest BCUT2D eigenvalue weighted by atomic mass is 16.6. The highest BCUT2D eigenvalue weighted by Crippen LogP contribution is 2.18. The lowest BCUT2D eigenvalue weighted by Gasteiger charge is -2.12. The van der Waals surface area contributed by atoms with Crippen molar-refractivity contribution in [2.24, 2.45) is 0 Å². The van der Waals surface area contributed by atoms with Gasteiger partial charge in [0, 0.05) is 12.3 Å². The lowest BCUT2D eigenvalue weighted by Crippen LogP contribution is -2.22. The van der Waals surface area contributed by atoms with E-state index in [1.807, 2.05) is 10.9 Å². The van der Waals surface area contributed by atoms with Gasteiger partial charge in [-0.15, -0.1) is 0 Å². The number of carbonyl (C=O) groups is 1. The largest absolute Gasteiger partial charge is 0.303 e. The fraction of sp³-hybridized carbons (Fsp3) is 0.438. The molecule has 0 aliphatic heterocycles. The van der Waals surface area contributed by atoms with Crippen molar-refractivity contribution < 1.29 is 9.72 Å². The fourth-order valence-corrected chi connectivity index (χ4v) is 2.61. The minimum absolute atomic E-state index is 0.116. The molecule has 128 valence electrons. The van der Waals surface area contributed by atoms with E-state index in [0.29, 0.717) is 5.69 Å². The van der Waals surface area contributed by atoms with Gasteiger partial charge in [-0.2, -0.15) is 5.10 Å². The third-order valence-electron chi connectivity index (χ3n) is 3.99. The van der Waals surface area contributed by atoms with Gasteiger partial charge >= 0.3 is 0 Å². The van der Waals surface area contributed by atoms with E-state index in [1.54, 1.807) is 6.07 Å². The molecule has 2 aromatic rings. The van der Waals surface area contributed by atoms with Crippen LogP contribution in [0, 0.1) is 10.1 Å². The van der Waals surface area contributed by atoms with Crippen molar-refractivity contribution in [3.63, 3.8) is 0 Å². The van der Waals surface area contributed by atoms with Gasteiger partial charge < -0.3 is 4.57 Å². The Labute approximate surface area is 138 Å². The summed E-state index contributed by atoms with van der Waals surface area (Å²) < 4.78 is 3.04. The highest BCUT2D eigenvalue weighted by Gasteiger charge is 2.20. The second-order valence-electron chi connectivity index (χ2n) is 5.61. The third kappa shape index (κ3) is 3.58. The zero-order valence-corrected chi connectivity index (χ0v) is 13.9. The molecule has 0 bridgehead atoms. The summed E-state index contributed by atoms with van der Waals surface area (Å²) in [5, 5.41) is 15.6. The number of rotatable bonds is 7. The maximum Gasteiger partial charge on any atom is 0.296 e. The van der Waals surface area contributed by atoms with E-state index in [4.69, 9.17) is 0 Å². The van der Waals surface area contributed by atoms with Crippen LogP contribution in [0.3, 0.4) is 0 Å². The normalized spacial score (nSPS) is 11.0. The van der Waals surface area contributed by atoms with E-state index < -0.39 is 16.3 Å². The Bertz CT molecular complexity index is 818. The van der Waals surface area contributed by atoms with Gasteiger partial charge in [0.1, 0.15) is 5.56 Å². The van der Waals surface area contributed by atoms with Crippen LogP contribution in [0.25, 0.3) is 0 Å². The molecule has 2 aromatic heterocycles. The number of hydrogen-bond donors (Lipinski definition) is 0. The molecule has 8 nitrogen and oxygen atoms in total. The van der Waals surface area contributed by atoms with Gasteiger partial charge in [0.05, 0.1) is 29.4 Å². The molecule has 0 radical (unpaired) electrons. The van der Waals surface area contributed by atoms with E-state index in [9.17, 15) is 19.7 Å². The van der Waals surface area contributed by atoms with Crippen molar-refractivity contribution in [2.75, 3.05) is 0 Å². The molecule has 0 saturated heterocycles. The van der Waals surface area contributed by atoms with Gasteiger partial charge in [-0.1, -0.05) is 13.8 Å². The summed E-state index contributed by atoms with van der Waals surface area (Å²) in [5.74, 6) is -0.510. The van der Waals surface area contributed by atoms with Crippen LogP contribution in [0.1, 0.15) is 55.7 Å². The first-order valence-electron chi connectivity index (χ1n) is 7.81. The number of hydrogen-bond acceptors (Lipinski definition) is 5. The second kappa shape index (κ2) is 7.20. The summed E-state index contributed by atoms with van der Waals surface area (Å²) >= 11 is 0. The Kier molecular flexibility index (Phi) is 5.28. The number of ketones is 1. The highest BCUT2D eigenvalue weighted by molar-refractivity contribution is 5.97. The molecule has 0 fully saturated rings. The first-order valence-corrected chi connectivity index (χ1v) is 7.81. The molecule has 0 atom stereocenters. The van der Waals surface area contributed by atoms with Gasteiger partial charge in [-0.05, 0) is 25.8 Å². The number of aromatic nitrogens is 3. The average Bonchev–Trinajstić information content (AvgIpc) is 2.98. The van der Waals surface area contributed by atoms with Gasteiger partial charge in [0.2, 0.25) is 0 Å². The summed E-state index contributed by atoms with van der Waals surface area (Å²) in [5.41, 5.74) is -0.387. The fourth-order valence-electron chi connectivity index (χ4n) is 2.61. The van der Waals surface area contributed by atoms with Crippen LogP contribution >= 0.6 is 0 Å². The minimum Gasteiger partial charge on any atom is -0.303 e. The average molecular weight is 332 g/mol. The van der Waals surface area contributed by atoms with Gasteiger partial charge in [0.15, 0.2) is 5.78 Å². The number of carbonyl (C=O) groups excluding carboxylic acids is 1. The lowest BCUT2D eigenvalue weighted by atomic mass is 10.1. The molecule has 0 aliphatic rings. The van der Waals surface area contributed by atoms with Crippen molar-refractivity contribution in [1.29, 1.82) is 0 Å². The van der Waals surface area contributed by atoms with Crippen molar-refractivity contribution in [1.82, 2.24) is 14.3 Å².